The highest BCUT2D eigenvalue weighted by molar-refractivity contribution is 5.98. The fourth-order valence-corrected chi connectivity index (χ4v) is 4.06. The van der Waals surface area contributed by atoms with E-state index in [1.807, 2.05) is 17.9 Å². The van der Waals surface area contributed by atoms with E-state index in [0.717, 1.165) is 18.5 Å². The Morgan fingerprint density at radius 3 is 2.42 bits per heavy atom. The van der Waals surface area contributed by atoms with E-state index in [1.165, 1.54) is 27.6 Å². The molecule has 2 aromatic carbocycles. The topological polar surface area (TPSA) is 25.2 Å². The van der Waals surface area contributed by atoms with Crippen molar-refractivity contribution >= 4 is 16.8 Å². The zero-order valence-corrected chi connectivity index (χ0v) is 15.6. The van der Waals surface area contributed by atoms with E-state index in [1.54, 1.807) is 0 Å². The number of benzene rings is 2. The molecule has 0 spiro atoms. The average Bonchev–Trinajstić information content (AvgIpc) is 3.10. The molecule has 0 radical (unpaired) electrons. The summed E-state index contributed by atoms with van der Waals surface area (Å²) >= 11 is 0. The second kappa shape index (κ2) is 6.49. The number of rotatable bonds is 4. The second-order valence-corrected chi connectivity index (χ2v) is 7.16. The first-order valence-corrected chi connectivity index (χ1v) is 9.14. The summed E-state index contributed by atoms with van der Waals surface area (Å²) in [5.41, 5.74) is 5.74. The molecule has 1 aliphatic rings. The van der Waals surface area contributed by atoms with Crippen molar-refractivity contribution in [2.75, 3.05) is 6.54 Å². The first kappa shape index (κ1) is 16.6. The van der Waals surface area contributed by atoms with Gasteiger partial charge in [-0.3, -0.25) is 4.79 Å². The first-order valence-electron chi connectivity index (χ1n) is 9.14. The normalized spacial score (nSPS) is 17.6. The molecule has 26 heavy (non-hydrogen) atoms. The average molecular weight is 344 g/mol. The number of carbonyl (C=O) groups excluding carboxylic acids is 1. The number of nitrogens with zero attached hydrogens (tertiary/aromatic N) is 2. The van der Waals surface area contributed by atoms with Crippen molar-refractivity contribution in [1.29, 1.82) is 0 Å². The molecular formula is C23H24N2O. The van der Waals surface area contributed by atoms with E-state index >= 15 is 0 Å². The summed E-state index contributed by atoms with van der Waals surface area (Å²) in [4.78, 5) is 15.0. The van der Waals surface area contributed by atoms with E-state index < -0.39 is 0 Å². The smallest absolute Gasteiger partial charge is 0.250 e. The number of para-hydroxylation sites is 1. The van der Waals surface area contributed by atoms with E-state index in [2.05, 4.69) is 73.3 Å². The Balaban J connectivity index is 1.72. The predicted molar refractivity (Wildman–Crippen MR) is 106 cm³/mol. The van der Waals surface area contributed by atoms with Crippen molar-refractivity contribution in [3.05, 3.63) is 83.1 Å². The highest BCUT2D eigenvalue weighted by atomic mass is 16.2. The van der Waals surface area contributed by atoms with Crippen molar-refractivity contribution in [1.82, 2.24) is 9.47 Å². The molecule has 3 aromatic rings. The van der Waals surface area contributed by atoms with E-state index in [-0.39, 0.29) is 11.9 Å². The summed E-state index contributed by atoms with van der Waals surface area (Å²) in [5, 5.41) is 1.23. The zero-order valence-electron chi connectivity index (χ0n) is 15.6. The Kier molecular flexibility index (Phi) is 4.15. The monoisotopic (exact) mass is 344 g/mol. The third kappa shape index (κ3) is 2.64. The van der Waals surface area contributed by atoms with Crippen LogP contribution in [0.5, 0.6) is 0 Å². The van der Waals surface area contributed by atoms with Crippen LogP contribution >= 0.6 is 0 Å². The van der Waals surface area contributed by atoms with Gasteiger partial charge in [0.05, 0.1) is 6.04 Å². The zero-order chi connectivity index (χ0) is 18.3. The van der Waals surface area contributed by atoms with Crippen LogP contribution in [0.25, 0.3) is 10.9 Å². The van der Waals surface area contributed by atoms with Gasteiger partial charge in [0, 0.05) is 41.8 Å². The van der Waals surface area contributed by atoms with Crippen molar-refractivity contribution in [3.8, 4) is 0 Å². The largest absolute Gasteiger partial charge is 0.350 e. The van der Waals surface area contributed by atoms with Crippen molar-refractivity contribution in [2.45, 2.75) is 26.3 Å². The van der Waals surface area contributed by atoms with Crippen LogP contribution in [0.3, 0.4) is 0 Å². The Hall–Kier alpha value is -2.81. The Labute approximate surface area is 154 Å². The summed E-state index contributed by atoms with van der Waals surface area (Å²) in [5.74, 6) is 0.163. The molecule has 132 valence electrons. The molecule has 0 saturated carbocycles. The van der Waals surface area contributed by atoms with Crippen LogP contribution in [0.4, 0.5) is 0 Å². The molecule has 0 bridgehead atoms. The highest BCUT2D eigenvalue weighted by Crippen LogP contribution is 2.40. The maximum absolute atomic E-state index is 12.9. The Morgan fingerprint density at radius 1 is 0.962 bits per heavy atom. The van der Waals surface area contributed by atoms with Crippen LogP contribution in [0.2, 0.25) is 0 Å². The molecular weight excluding hydrogens is 320 g/mol. The van der Waals surface area contributed by atoms with Gasteiger partial charge in [0.1, 0.15) is 0 Å². The fourth-order valence-electron chi connectivity index (χ4n) is 4.06. The summed E-state index contributed by atoms with van der Waals surface area (Å²) < 4.78 is 2.16. The predicted octanol–water partition coefficient (Wildman–Crippen LogP) is 4.64. The Bertz CT molecular complexity index is 997. The fraction of sp³-hybridized carbons (Fsp3) is 0.261. The van der Waals surface area contributed by atoms with Gasteiger partial charge in [-0.15, -0.1) is 0 Å². The van der Waals surface area contributed by atoms with Crippen molar-refractivity contribution in [2.24, 2.45) is 7.05 Å². The van der Waals surface area contributed by atoms with Gasteiger partial charge in [-0.2, -0.15) is 0 Å². The van der Waals surface area contributed by atoms with Crippen LogP contribution in [-0.2, 0) is 18.3 Å². The molecule has 0 fully saturated rings. The highest BCUT2D eigenvalue weighted by Gasteiger charge is 2.36. The molecule has 1 atom stereocenters. The van der Waals surface area contributed by atoms with Crippen molar-refractivity contribution in [3.63, 3.8) is 0 Å². The van der Waals surface area contributed by atoms with E-state index in [9.17, 15) is 4.79 Å². The van der Waals surface area contributed by atoms with Gasteiger partial charge < -0.3 is 9.47 Å². The van der Waals surface area contributed by atoms with E-state index in [4.69, 9.17) is 0 Å². The molecule has 0 unspecified atom stereocenters. The van der Waals surface area contributed by atoms with E-state index in [0.29, 0.717) is 0 Å². The number of aryl methyl sites for hydroxylation is 1. The number of amides is 1. The van der Waals surface area contributed by atoms with Gasteiger partial charge in [-0.05, 0) is 37.5 Å². The van der Waals surface area contributed by atoms with Crippen LogP contribution in [-0.4, -0.2) is 21.9 Å². The van der Waals surface area contributed by atoms with Gasteiger partial charge in [0.25, 0.3) is 0 Å². The second-order valence-electron chi connectivity index (χ2n) is 7.16. The number of aromatic nitrogens is 1. The van der Waals surface area contributed by atoms with Gasteiger partial charge in [-0.1, -0.05) is 48.5 Å². The molecule has 4 rings (SSSR count). The molecule has 0 saturated heterocycles. The lowest BCUT2D eigenvalue weighted by Gasteiger charge is -2.26. The summed E-state index contributed by atoms with van der Waals surface area (Å²) in [6, 6.07) is 18.8. The van der Waals surface area contributed by atoms with Crippen molar-refractivity contribution < 1.29 is 4.79 Å². The molecule has 1 amide bonds. The maximum Gasteiger partial charge on any atom is 0.250 e. The van der Waals surface area contributed by atoms with Crippen LogP contribution < -0.4 is 0 Å². The summed E-state index contributed by atoms with van der Waals surface area (Å²) in [6.07, 6.45) is 3.05. The number of carbonyl (C=O) groups is 1. The molecule has 3 heteroatoms. The SMILES string of the molecule is CC1=C(C)[C@H](c2cn(C)c3ccccc23)N(CCc2ccccc2)C1=O. The maximum atomic E-state index is 12.9. The molecule has 1 aliphatic heterocycles. The quantitative estimate of drug-likeness (QED) is 0.677. The lowest BCUT2D eigenvalue weighted by Crippen LogP contribution is -2.32. The number of fused-ring (bicyclic) bond motifs is 1. The number of hydrogen-bond acceptors (Lipinski definition) is 1. The molecule has 0 N–H and O–H groups in total. The molecule has 0 aliphatic carbocycles. The van der Waals surface area contributed by atoms with Crippen LogP contribution in [0.1, 0.15) is 31.0 Å². The van der Waals surface area contributed by atoms with Gasteiger partial charge in [0.15, 0.2) is 0 Å². The molecule has 3 nitrogen and oxygen atoms in total. The standard InChI is InChI=1S/C23H24N2O/c1-16-17(2)23(26)25(14-13-18-9-5-4-6-10-18)22(16)20-15-24(3)21-12-8-7-11-19(20)21/h4-12,15,22H,13-14H2,1-3H3/t22-/m1/s1. The van der Waals surface area contributed by atoms with Gasteiger partial charge in [-0.25, -0.2) is 0 Å². The molecule has 2 heterocycles. The van der Waals surface area contributed by atoms with Crippen LogP contribution in [0.15, 0.2) is 71.9 Å². The number of hydrogen-bond donors (Lipinski definition) is 0. The minimum Gasteiger partial charge on any atom is -0.350 e. The van der Waals surface area contributed by atoms with Gasteiger partial charge in [0.2, 0.25) is 5.91 Å². The Morgan fingerprint density at radius 2 is 1.65 bits per heavy atom. The summed E-state index contributed by atoms with van der Waals surface area (Å²) in [7, 11) is 2.07. The lowest BCUT2D eigenvalue weighted by molar-refractivity contribution is -0.127. The minimum atomic E-state index is 0.0253. The molecule has 1 aromatic heterocycles. The summed E-state index contributed by atoms with van der Waals surface area (Å²) in [6.45, 7) is 4.78. The lowest BCUT2D eigenvalue weighted by atomic mass is 9.98. The minimum absolute atomic E-state index is 0.0253. The third-order valence-electron chi connectivity index (χ3n) is 5.60. The third-order valence-corrected chi connectivity index (χ3v) is 5.60. The first-order chi connectivity index (χ1) is 12.6. The van der Waals surface area contributed by atoms with Gasteiger partial charge >= 0.3 is 0 Å². The van der Waals surface area contributed by atoms with Crippen LogP contribution in [0, 0.1) is 0 Å².